The molecule has 3 nitrogen and oxygen atoms in total. The van der Waals surface area contributed by atoms with Gasteiger partial charge in [-0.25, -0.2) is 13.2 Å². The molecule has 0 amide bonds. The van der Waals surface area contributed by atoms with Crippen LogP contribution in [0.1, 0.15) is 84.0 Å². The van der Waals surface area contributed by atoms with Crippen molar-refractivity contribution >= 4 is 11.6 Å². The number of hydrogen-bond acceptors (Lipinski definition) is 3. The summed E-state index contributed by atoms with van der Waals surface area (Å²) in [5.74, 6) is -2.44. The summed E-state index contributed by atoms with van der Waals surface area (Å²) in [6, 6.07) is 4.97. The van der Waals surface area contributed by atoms with E-state index in [-0.39, 0.29) is 23.2 Å². The Balaban J connectivity index is 1.07. The van der Waals surface area contributed by atoms with Crippen molar-refractivity contribution in [3.8, 4) is 16.9 Å². The molecule has 1 aliphatic heterocycles. The van der Waals surface area contributed by atoms with E-state index in [1.54, 1.807) is 0 Å². The molecule has 9 heteroatoms. The zero-order valence-electron chi connectivity index (χ0n) is 24.7. The van der Waals surface area contributed by atoms with Crippen LogP contribution in [-0.2, 0) is 9.47 Å². The monoisotopic (exact) mass is 628 g/mol. The van der Waals surface area contributed by atoms with Gasteiger partial charge >= 0.3 is 6.11 Å². The molecule has 1 heterocycles. The fourth-order valence-corrected chi connectivity index (χ4v) is 7.35. The summed E-state index contributed by atoms with van der Waals surface area (Å²) < 4.78 is 90.0. The zero-order chi connectivity index (χ0) is 30.6. The smallest absolute Gasteiger partial charge is 0.400 e. The van der Waals surface area contributed by atoms with Gasteiger partial charge in [-0.15, -0.1) is 0 Å². The minimum atomic E-state index is -3.46. The average molecular weight is 629 g/mol. The Labute approximate surface area is 256 Å². The van der Waals surface area contributed by atoms with Crippen molar-refractivity contribution < 1.29 is 36.2 Å². The minimum Gasteiger partial charge on any atom is -0.432 e. The Bertz CT molecular complexity index is 1180. The molecule has 0 radical (unpaired) electrons. The summed E-state index contributed by atoms with van der Waals surface area (Å²) in [7, 11) is 0. The van der Waals surface area contributed by atoms with Crippen LogP contribution in [0.2, 0.25) is 5.02 Å². The molecule has 2 aromatic carbocycles. The van der Waals surface area contributed by atoms with Crippen molar-refractivity contribution in [1.29, 1.82) is 0 Å². The van der Waals surface area contributed by atoms with E-state index in [1.165, 1.54) is 31.4 Å². The van der Waals surface area contributed by atoms with Crippen molar-refractivity contribution in [3.05, 3.63) is 52.8 Å². The van der Waals surface area contributed by atoms with Crippen LogP contribution in [0.25, 0.3) is 11.1 Å². The molecule has 1 saturated heterocycles. The molecule has 0 atom stereocenters. The molecule has 0 unspecified atom stereocenters. The Morgan fingerprint density at radius 1 is 0.791 bits per heavy atom. The van der Waals surface area contributed by atoms with Crippen LogP contribution in [0.15, 0.2) is 30.3 Å². The first-order chi connectivity index (χ1) is 20.6. The van der Waals surface area contributed by atoms with Gasteiger partial charge in [0.05, 0.1) is 19.1 Å². The van der Waals surface area contributed by atoms with E-state index in [2.05, 4.69) is 6.92 Å². The van der Waals surface area contributed by atoms with E-state index in [1.807, 2.05) is 0 Å². The molecular weight excluding hydrogens is 587 g/mol. The maximum Gasteiger partial charge on any atom is 0.400 e. The highest BCUT2D eigenvalue weighted by Gasteiger charge is 2.45. The molecule has 5 rings (SSSR count). The standard InChI is InChI=1S/C34H42ClF5O3/c1-2-3-4-5-21-19-41-33(42-20-21)24-8-6-22(7-9-24)23-10-12-26(13-11-23)34(39,40)43-27-14-15-28(29(36)18-27)25-16-30(37)32(35)31(38)17-25/h14-18,21-24,26,33H,2-13,19-20H2,1H3. The number of halogens is 6. The van der Waals surface area contributed by atoms with Gasteiger partial charge in [-0.2, -0.15) is 8.78 Å². The van der Waals surface area contributed by atoms with Crippen LogP contribution < -0.4 is 4.74 Å². The quantitative estimate of drug-likeness (QED) is 0.149. The summed E-state index contributed by atoms with van der Waals surface area (Å²) in [6.07, 6.45) is 7.66. The number of alkyl halides is 2. The average Bonchev–Trinajstić information content (AvgIpc) is 3.00. The van der Waals surface area contributed by atoms with Crippen molar-refractivity contribution in [1.82, 2.24) is 0 Å². The predicted molar refractivity (Wildman–Crippen MR) is 157 cm³/mol. The Kier molecular flexibility index (Phi) is 10.9. The van der Waals surface area contributed by atoms with Crippen LogP contribution in [0.5, 0.6) is 5.75 Å². The highest BCUT2D eigenvalue weighted by Crippen LogP contribution is 2.46. The molecule has 2 aromatic rings. The Morgan fingerprint density at radius 3 is 1.95 bits per heavy atom. The molecule has 238 valence electrons. The summed E-state index contributed by atoms with van der Waals surface area (Å²) in [5, 5.41) is -0.694. The van der Waals surface area contributed by atoms with Gasteiger partial charge in [-0.05, 0) is 99.5 Å². The van der Waals surface area contributed by atoms with Gasteiger partial charge < -0.3 is 14.2 Å². The summed E-state index contributed by atoms with van der Waals surface area (Å²) in [6.45, 7) is 3.78. The molecular formula is C34H42ClF5O3. The third kappa shape index (κ3) is 8.04. The van der Waals surface area contributed by atoms with Gasteiger partial charge in [0.15, 0.2) is 6.29 Å². The van der Waals surface area contributed by atoms with Crippen molar-refractivity contribution in [2.24, 2.45) is 29.6 Å². The van der Waals surface area contributed by atoms with Crippen LogP contribution in [0, 0.1) is 47.0 Å². The van der Waals surface area contributed by atoms with Crippen LogP contribution in [0.4, 0.5) is 22.0 Å². The van der Waals surface area contributed by atoms with Gasteiger partial charge in [-0.3, -0.25) is 0 Å². The lowest BCUT2D eigenvalue weighted by molar-refractivity contribution is -0.232. The molecule has 2 saturated carbocycles. The third-order valence-corrected chi connectivity index (χ3v) is 10.2. The second kappa shape index (κ2) is 14.5. The van der Waals surface area contributed by atoms with E-state index in [0.29, 0.717) is 36.5 Å². The van der Waals surface area contributed by atoms with Gasteiger partial charge in [0.1, 0.15) is 28.2 Å². The van der Waals surface area contributed by atoms with Crippen LogP contribution in [-0.4, -0.2) is 25.6 Å². The van der Waals surface area contributed by atoms with E-state index in [9.17, 15) is 13.2 Å². The number of unbranched alkanes of at least 4 members (excludes halogenated alkanes) is 2. The van der Waals surface area contributed by atoms with E-state index >= 15 is 8.78 Å². The lowest BCUT2D eigenvalue weighted by atomic mass is 9.69. The molecule has 0 aromatic heterocycles. The van der Waals surface area contributed by atoms with Crippen molar-refractivity contribution in [2.45, 2.75) is 96.4 Å². The van der Waals surface area contributed by atoms with Gasteiger partial charge in [0, 0.05) is 23.5 Å². The largest absolute Gasteiger partial charge is 0.432 e. The van der Waals surface area contributed by atoms with E-state index < -0.39 is 34.5 Å². The van der Waals surface area contributed by atoms with Gasteiger partial charge in [-0.1, -0.05) is 37.8 Å². The normalized spacial score (nSPS) is 28.5. The second-order valence-corrected chi connectivity index (χ2v) is 13.1. The molecule has 0 N–H and O–H groups in total. The number of hydrogen-bond donors (Lipinski definition) is 0. The summed E-state index contributed by atoms with van der Waals surface area (Å²) in [4.78, 5) is 0. The third-order valence-electron chi connectivity index (χ3n) is 9.81. The van der Waals surface area contributed by atoms with E-state index in [4.69, 9.17) is 25.8 Å². The Hall–Kier alpha value is -1.90. The molecule has 3 aliphatic rings. The molecule has 3 fully saturated rings. The van der Waals surface area contributed by atoms with E-state index in [0.717, 1.165) is 76.4 Å². The fourth-order valence-electron chi connectivity index (χ4n) is 7.24. The lowest BCUT2D eigenvalue weighted by Gasteiger charge is -2.41. The maximum absolute atomic E-state index is 15.2. The van der Waals surface area contributed by atoms with Crippen molar-refractivity contribution in [2.75, 3.05) is 13.2 Å². The predicted octanol–water partition coefficient (Wildman–Crippen LogP) is 10.6. The SMILES string of the molecule is CCCCCC1COC(C2CCC(C3CCC(C(F)(F)Oc4ccc(-c5cc(F)c(Cl)c(F)c5)c(F)c4)CC3)CC2)OC1. The van der Waals surface area contributed by atoms with Crippen LogP contribution >= 0.6 is 11.6 Å². The number of rotatable bonds is 10. The topological polar surface area (TPSA) is 27.7 Å². The highest BCUT2D eigenvalue weighted by molar-refractivity contribution is 6.31. The zero-order valence-corrected chi connectivity index (χ0v) is 25.5. The molecule has 0 spiro atoms. The van der Waals surface area contributed by atoms with Crippen LogP contribution in [0.3, 0.4) is 0 Å². The summed E-state index contributed by atoms with van der Waals surface area (Å²) in [5.41, 5.74) is -0.235. The molecule has 0 bridgehead atoms. The Morgan fingerprint density at radius 2 is 1.37 bits per heavy atom. The number of ether oxygens (including phenoxy) is 3. The maximum atomic E-state index is 15.2. The molecule has 2 aliphatic carbocycles. The fraction of sp³-hybridized carbons (Fsp3) is 0.647. The first-order valence-electron chi connectivity index (χ1n) is 15.9. The van der Waals surface area contributed by atoms with Crippen molar-refractivity contribution in [3.63, 3.8) is 0 Å². The minimum absolute atomic E-state index is 0.0900. The number of benzene rings is 2. The lowest BCUT2D eigenvalue weighted by Crippen LogP contribution is -2.40. The molecule has 43 heavy (non-hydrogen) atoms. The first-order valence-corrected chi connectivity index (χ1v) is 16.3. The summed E-state index contributed by atoms with van der Waals surface area (Å²) >= 11 is 5.50. The highest BCUT2D eigenvalue weighted by atomic mass is 35.5. The van der Waals surface area contributed by atoms with Gasteiger partial charge in [0.25, 0.3) is 0 Å². The van der Waals surface area contributed by atoms with Gasteiger partial charge in [0.2, 0.25) is 0 Å². The first kappa shape index (κ1) is 32.5. The second-order valence-electron chi connectivity index (χ2n) is 12.7.